The number of ether oxygens (including phenoxy) is 1. The van der Waals surface area contributed by atoms with E-state index >= 15 is 0 Å². The first-order chi connectivity index (χ1) is 14.4. The van der Waals surface area contributed by atoms with Crippen LogP contribution in [0.15, 0.2) is 59.8 Å². The molecule has 3 aromatic rings. The summed E-state index contributed by atoms with van der Waals surface area (Å²) in [7, 11) is 0. The molecule has 0 bridgehead atoms. The number of hydrogen-bond donors (Lipinski definition) is 0. The molecule has 8 heteroatoms. The van der Waals surface area contributed by atoms with Gasteiger partial charge in [-0.1, -0.05) is 55.9 Å². The Labute approximate surface area is 180 Å². The molecule has 0 radical (unpaired) electrons. The molecule has 0 aliphatic carbocycles. The van der Waals surface area contributed by atoms with Gasteiger partial charge in [0.25, 0.3) is 5.69 Å². The summed E-state index contributed by atoms with van der Waals surface area (Å²) in [6.45, 7) is 7.51. The molecular formula is C22H26N4O3S. The van der Waals surface area contributed by atoms with E-state index in [9.17, 15) is 10.1 Å². The lowest BCUT2D eigenvalue weighted by atomic mass is 10.1. The Hall–Kier alpha value is -2.87. The van der Waals surface area contributed by atoms with Crippen molar-refractivity contribution in [2.75, 3.05) is 0 Å². The fraction of sp³-hybridized carbons (Fsp3) is 0.364. The summed E-state index contributed by atoms with van der Waals surface area (Å²) >= 11 is 1.55. The molecule has 1 unspecified atom stereocenters. The van der Waals surface area contributed by atoms with Crippen molar-refractivity contribution >= 4 is 17.4 Å². The Morgan fingerprint density at radius 1 is 1.10 bits per heavy atom. The average molecular weight is 427 g/mol. The molecule has 0 saturated carbocycles. The first-order valence-corrected chi connectivity index (χ1v) is 10.8. The predicted octanol–water partition coefficient (Wildman–Crippen LogP) is 5.66. The van der Waals surface area contributed by atoms with Crippen LogP contribution >= 0.6 is 11.8 Å². The van der Waals surface area contributed by atoms with E-state index in [-0.39, 0.29) is 15.9 Å². The minimum absolute atomic E-state index is 0.00482. The van der Waals surface area contributed by atoms with Gasteiger partial charge in [0.2, 0.25) is 0 Å². The van der Waals surface area contributed by atoms with Gasteiger partial charge in [-0.3, -0.25) is 10.1 Å². The minimum Gasteiger partial charge on any atom is -0.486 e. The monoisotopic (exact) mass is 426 g/mol. The molecule has 3 rings (SSSR count). The minimum atomic E-state index is -0.370. The Morgan fingerprint density at radius 2 is 1.87 bits per heavy atom. The second-order valence-electron chi connectivity index (χ2n) is 7.45. The van der Waals surface area contributed by atoms with Crippen molar-refractivity contribution in [1.29, 1.82) is 0 Å². The van der Waals surface area contributed by atoms with Crippen molar-refractivity contribution in [3.63, 3.8) is 0 Å². The fourth-order valence-corrected chi connectivity index (χ4v) is 3.92. The predicted molar refractivity (Wildman–Crippen MR) is 118 cm³/mol. The third-order valence-electron chi connectivity index (χ3n) is 4.67. The standard InChI is InChI=1S/C22H26N4O3S/c1-16(2)12-13-25-21(15-29-20-10-5-4-6-11-20)23-24-22(25)30-17(3)18-8-7-9-19(14-18)26(27)28/h4-11,14,16-17H,12-13,15H2,1-3H3. The number of non-ortho nitro benzene ring substituents is 1. The van der Waals surface area contributed by atoms with Crippen LogP contribution < -0.4 is 4.74 Å². The quantitative estimate of drug-likeness (QED) is 0.236. The van der Waals surface area contributed by atoms with Crippen molar-refractivity contribution in [2.24, 2.45) is 5.92 Å². The molecule has 0 aliphatic heterocycles. The highest BCUT2D eigenvalue weighted by atomic mass is 32.2. The summed E-state index contributed by atoms with van der Waals surface area (Å²) < 4.78 is 7.98. The van der Waals surface area contributed by atoms with Crippen LogP contribution in [0.25, 0.3) is 0 Å². The molecule has 0 aliphatic rings. The summed E-state index contributed by atoms with van der Waals surface area (Å²) in [6.07, 6.45) is 0.995. The van der Waals surface area contributed by atoms with Gasteiger partial charge in [-0.25, -0.2) is 0 Å². The average Bonchev–Trinajstić information content (AvgIpc) is 3.12. The molecule has 1 heterocycles. The molecular weight excluding hydrogens is 400 g/mol. The Kier molecular flexibility index (Phi) is 7.46. The molecule has 158 valence electrons. The first kappa shape index (κ1) is 21.8. The van der Waals surface area contributed by atoms with E-state index in [0.717, 1.165) is 35.3 Å². The van der Waals surface area contributed by atoms with Crippen LogP contribution in [0.4, 0.5) is 5.69 Å². The second-order valence-corrected chi connectivity index (χ2v) is 8.75. The molecule has 0 saturated heterocycles. The fourth-order valence-electron chi connectivity index (χ4n) is 2.91. The molecule has 2 aromatic carbocycles. The van der Waals surface area contributed by atoms with Crippen LogP contribution in [-0.4, -0.2) is 19.7 Å². The molecule has 0 amide bonds. The largest absolute Gasteiger partial charge is 0.486 e. The number of aromatic nitrogens is 3. The molecule has 0 N–H and O–H groups in total. The van der Waals surface area contributed by atoms with Crippen LogP contribution in [0, 0.1) is 16.0 Å². The van der Waals surface area contributed by atoms with Gasteiger partial charge in [-0.05, 0) is 37.0 Å². The van der Waals surface area contributed by atoms with E-state index in [1.165, 1.54) is 6.07 Å². The maximum Gasteiger partial charge on any atom is 0.269 e. The molecule has 0 fully saturated rings. The summed E-state index contributed by atoms with van der Waals surface area (Å²) in [4.78, 5) is 10.7. The molecule has 30 heavy (non-hydrogen) atoms. The maximum absolute atomic E-state index is 11.1. The van der Waals surface area contributed by atoms with Crippen molar-refractivity contribution in [3.8, 4) is 5.75 Å². The zero-order valence-electron chi connectivity index (χ0n) is 17.4. The molecule has 7 nitrogen and oxygen atoms in total. The Morgan fingerprint density at radius 3 is 2.57 bits per heavy atom. The van der Waals surface area contributed by atoms with Crippen LogP contribution in [-0.2, 0) is 13.2 Å². The highest BCUT2D eigenvalue weighted by Crippen LogP contribution is 2.35. The summed E-state index contributed by atoms with van der Waals surface area (Å²) in [5, 5.41) is 20.6. The number of para-hydroxylation sites is 1. The third-order valence-corrected chi connectivity index (χ3v) is 5.81. The van der Waals surface area contributed by atoms with Crippen LogP contribution in [0.5, 0.6) is 5.75 Å². The normalized spacial score (nSPS) is 12.1. The van der Waals surface area contributed by atoms with Gasteiger partial charge in [0.1, 0.15) is 12.4 Å². The van der Waals surface area contributed by atoms with E-state index in [1.54, 1.807) is 23.9 Å². The van der Waals surface area contributed by atoms with Gasteiger partial charge in [0, 0.05) is 23.9 Å². The first-order valence-electron chi connectivity index (χ1n) is 9.95. The Bertz CT molecular complexity index is 976. The number of nitro groups is 1. The lowest BCUT2D eigenvalue weighted by Gasteiger charge is -2.15. The smallest absolute Gasteiger partial charge is 0.269 e. The molecule has 0 spiro atoms. The van der Waals surface area contributed by atoms with Crippen LogP contribution in [0.3, 0.4) is 0 Å². The van der Waals surface area contributed by atoms with Gasteiger partial charge < -0.3 is 9.30 Å². The van der Waals surface area contributed by atoms with E-state index in [2.05, 4.69) is 28.6 Å². The Balaban J connectivity index is 1.78. The van der Waals surface area contributed by atoms with Gasteiger partial charge in [0.05, 0.1) is 4.92 Å². The summed E-state index contributed by atoms with van der Waals surface area (Å²) in [5.74, 6) is 2.10. The van der Waals surface area contributed by atoms with Crippen molar-refractivity contribution in [3.05, 3.63) is 76.1 Å². The summed E-state index contributed by atoms with van der Waals surface area (Å²) in [6, 6.07) is 16.4. The van der Waals surface area contributed by atoms with Crippen LogP contribution in [0.2, 0.25) is 0 Å². The topological polar surface area (TPSA) is 83.1 Å². The van der Waals surface area contributed by atoms with Gasteiger partial charge >= 0.3 is 0 Å². The number of thioether (sulfide) groups is 1. The van der Waals surface area contributed by atoms with Gasteiger partial charge in [-0.15, -0.1) is 10.2 Å². The SMILES string of the molecule is CC(C)CCn1c(COc2ccccc2)nnc1SC(C)c1cccc([N+](=O)[O-])c1. The molecule has 1 aromatic heterocycles. The number of hydrogen-bond acceptors (Lipinski definition) is 6. The van der Waals surface area contributed by atoms with E-state index in [0.29, 0.717) is 12.5 Å². The van der Waals surface area contributed by atoms with Crippen molar-refractivity contribution in [1.82, 2.24) is 14.8 Å². The van der Waals surface area contributed by atoms with Gasteiger partial charge in [0.15, 0.2) is 11.0 Å². The van der Waals surface area contributed by atoms with Crippen LogP contribution in [0.1, 0.15) is 43.8 Å². The molecule has 1 atom stereocenters. The van der Waals surface area contributed by atoms with Crippen molar-refractivity contribution in [2.45, 2.75) is 50.8 Å². The highest BCUT2D eigenvalue weighted by Gasteiger charge is 2.19. The number of nitrogens with zero attached hydrogens (tertiary/aromatic N) is 4. The lowest BCUT2D eigenvalue weighted by Crippen LogP contribution is -2.10. The number of rotatable bonds is 10. The van der Waals surface area contributed by atoms with E-state index < -0.39 is 0 Å². The van der Waals surface area contributed by atoms with Gasteiger partial charge in [-0.2, -0.15) is 0 Å². The zero-order chi connectivity index (χ0) is 21.5. The third kappa shape index (κ3) is 5.82. The number of benzene rings is 2. The second kappa shape index (κ2) is 10.2. The van der Waals surface area contributed by atoms with E-state index in [1.807, 2.05) is 43.3 Å². The number of nitro benzene ring substituents is 1. The highest BCUT2D eigenvalue weighted by molar-refractivity contribution is 7.99. The lowest BCUT2D eigenvalue weighted by molar-refractivity contribution is -0.384. The summed E-state index contributed by atoms with van der Waals surface area (Å²) in [5.41, 5.74) is 0.980. The maximum atomic E-state index is 11.1. The van der Waals surface area contributed by atoms with E-state index in [4.69, 9.17) is 4.74 Å². The zero-order valence-corrected chi connectivity index (χ0v) is 18.2. The van der Waals surface area contributed by atoms with Crippen molar-refractivity contribution < 1.29 is 9.66 Å².